The Labute approximate surface area is 103 Å². The van der Waals surface area contributed by atoms with E-state index in [9.17, 15) is 0 Å². The van der Waals surface area contributed by atoms with Crippen LogP contribution in [0.1, 0.15) is 19.3 Å². The fraction of sp³-hybridized carbons (Fsp3) is 1.00. The predicted octanol–water partition coefficient (Wildman–Crippen LogP) is 1.52. The van der Waals surface area contributed by atoms with E-state index in [-0.39, 0.29) is 0 Å². The van der Waals surface area contributed by atoms with Crippen LogP contribution >= 0.6 is 11.8 Å². The summed E-state index contributed by atoms with van der Waals surface area (Å²) < 4.78 is 11.0. The number of hydrogen-bond donors (Lipinski definition) is 1. The zero-order valence-electron chi connectivity index (χ0n) is 9.95. The Bertz CT molecular complexity index is 180. The summed E-state index contributed by atoms with van der Waals surface area (Å²) in [6, 6.07) is 0.720. The third-order valence-corrected chi connectivity index (χ3v) is 4.43. The lowest BCUT2D eigenvalue weighted by Crippen LogP contribution is -2.36. The third kappa shape index (κ3) is 4.62. The van der Waals surface area contributed by atoms with Gasteiger partial charge in [-0.1, -0.05) is 0 Å². The van der Waals surface area contributed by atoms with E-state index in [4.69, 9.17) is 9.47 Å². The van der Waals surface area contributed by atoms with Crippen molar-refractivity contribution in [2.45, 2.75) is 25.3 Å². The van der Waals surface area contributed by atoms with Crippen LogP contribution in [0.5, 0.6) is 0 Å². The molecule has 94 valence electrons. The number of ether oxygens (including phenoxy) is 2. The van der Waals surface area contributed by atoms with E-state index >= 15 is 0 Å². The summed E-state index contributed by atoms with van der Waals surface area (Å²) in [4.78, 5) is 0. The van der Waals surface area contributed by atoms with Crippen LogP contribution in [0.15, 0.2) is 0 Å². The number of hydrogen-bond acceptors (Lipinski definition) is 4. The molecule has 3 nitrogen and oxygen atoms in total. The van der Waals surface area contributed by atoms with E-state index in [1.807, 2.05) is 0 Å². The molecule has 2 rings (SSSR count). The molecule has 2 saturated heterocycles. The topological polar surface area (TPSA) is 30.5 Å². The van der Waals surface area contributed by atoms with Crippen molar-refractivity contribution in [3.63, 3.8) is 0 Å². The van der Waals surface area contributed by atoms with Crippen molar-refractivity contribution >= 4 is 11.8 Å². The van der Waals surface area contributed by atoms with E-state index < -0.39 is 0 Å². The van der Waals surface area contributed by atoms with Crippen LogP contribution in [0.4, 0.5) is 0 Å². The fourth-order valence-electron chi connectivity index (χ4n) is 2.20. The van der Waals surface area contributed by atoms with Crippen LogP contribution in [0, 0.1) is 5.92 Å². The first kappa shape index (κ1) is 12.7. The van der Waals surface area contributed by atoms with Gasteiger partial charge in [0.05, 0.1) is 19.8 Å². The zero-order chi connectivity index (χ0) is 11.1. The van der Waals surface area contributed by atoms with Gasteiger partial charge in [-0.15, -0.1) is 0 Å². The molecule has 0 spiro atoms. The van der Waals surface area contributed by atoms with Crippen molar-refractivity contribution in [1.82, 2.24) is 5.32 Å². The zero-order valence-corrected chi connectivity index (χ0v) is 10.8. The first-order valence-corrected chi connectivity index (χ1v) is 7.57. The SMILES string of the molecule is C1CSCC(NCCOCC2CCOC2)C1. The summed E-state index contributed by atoms with van der Waals surface area (Å²) in [5.41, 5.74) is 0. The number of thioether (sulfide) groups is 1. The van der Waals surface area contributed by atoms with Gasteiger partial charge in [0.15, 0.2) is 0 Å². The van der Waals surface area contributed by atoms with E-state index in [2.05, 4.69) is 17.1 Å². The molecule has 2 unspecified atom stereocenters. The average molecular weight is 245 g/mol. The quantitative estimate of drug-likeness (QED) is 0.719. The molecule has 4 heteroatoms. The standard InChI is InChI=1S/C12H23NO2S/c1-2-12(10-16-7-1)13-4-6-15-9-11-3-5-14-8-11/h11-13H,1-10H2. The van der Waals surface area contributed by atoms with Gasteiger partial charge in [-0.25, -0.2) is 0 Å². The molecular weight excluding hydrogens is 222 g/mol. The largest absolute Gasteiger partial charge is 0.381 e. The molecule has 2 heterocycles. The lowest BCUT2D eigenvalue weighted by atomic mass is 10.1. The first-order valence-electron chi connectivity index (χ1n) is 6.42. The third-order valence-electron chi connectivity index (χ3n) is 3.22. The van der Waals surface area contributed by atoms with Crippen molar-refractivity contribution < 1.29 is 9.47 Å². The van der Waals surface area contributed by atoms with Crippen molar-refractivity contribution in [2.24, 2.45) is 5.92 Å². The van der Waals surface area contributed by atoms with Crippen LogP contribution in [0.3, 0.4) is 0 Å². The normalized spacial score (nSPS) is 30.8. The summed E-state index contributed by atoms with van der Waals surface area (Å²) in [5, 5.41) is 3.57. The lowest BCUT2D eigenvalue weighted by molar-refractivity contribution is 0.0902. The van der Waals surface area contributed by atoms with Gasteiger partial charge in [-0.3, -0.25) is 0 Å². The molecule has 1 N–H and O–H groups in total. The van der Waals surface area contributed by atoms with Crippen LogP contribution in [-0.4, -0.2) is 50.5 Å². The van der Waals surface area contributed by atoms with Crippen LogP contribution in [0.2, 0.25) is 0 Å². The predicted molar refractivity (Wildman–Crippen MR) is 68.1 cm³/mol. The Morgan fingerprint density at radius 3 is 3.12 bits per heavy atom. The molecule has 2 aliphatic heterocycles. The minimum absolute atomic E-state index is 0.644. The smallest absolute Gasteiger partial charge is 0.0591 e. The molecule has 0 radical (unpaired) electrons. The summed E-state index contributed by atoms with van der Waals surface area (Å²) >= 11 is 2.07. The van der Waals surface area contributed by atoms with Crippen molar-refractivity contribution in [1.29, 1.82) is 0 Å². The second kappa shape index (κ2) is 7.54. The molecule has 0 saturated carbocycles. The molecule has 16 heavy (non-hydrogen) atoms. The van der Waals surface area contributed by atoms with Crippen LogP contribution in [0.25, 0.3) is 0 Å². The monoisotopic (exact) mass is 245 g/mol. The number of rotatable bonds is 6. The maximum Gasteiger partial charge on any atom is 0.0591 e. The Morgan fingerprint density at radius 1 is 1.38 bits per heavy atom. The fourth-order valence-corrected chi connectivity index (χ4v) is 3.31. The van der Waals surface area contributed by atoms with Crippen LogP contribution < -0.4 is 5.32 Å². The lowest BCUT2D eigenvalue weighted by Gasteiger charge is -2.22. The Balaban J connectivity index is 1.42. The van der Waals surface area contributed by atoms with E-state index in [1.165, 1.54) is 30.8 Å². The molecule has 2 aliphatic rings. The first-order chi connectivity index (χ1) is 7.95. The highest BCUT2D eigenvalue weighted by molar-refractivity contribution is 7.99. The van der Waals surface area contributed by atoms with Gasteiger partial charge in [0.25, 0.3) is 0 Å². The summed E-state index contributed by atoms with van der Waals surface area (Å²) in [6.07, 6.45) is 3.87. The Kier molecular flexibility index (Phi) is 5.97. The minimum atomic E-state index is 0.644. The second-order valence-corrected chi connectivity index (χ2v) is 5.82. The molecular formula is C12H23NO2S. The number of nitrogens with one attached hydrogen (secondary N) is 1. The molecule has 0 amide bonds. The maximum atomic E-state index is 5.66. The summed E-state index contributed by atoms with van der Waals surface area (Å²) in [5.74, 6) is 3.26. The van der Waals surface area contributed by atoms with Gasteiger partial charge in [0, 0.05) is 30.9 Å². The van der Waals surface area contributed by atoms with E-state index in [0.29, 0.717) is 5.92 Å². The molecule has 2 fully saturated rings. The minimum Gasteiger partial charge on any atom is -0.381 e. The van der Waals surface area contributed by atoms with Crippen molar-refractivity contribution in [3.05, 3.63) is 0 Å². The van der Waals surface area contributed by atoms with E-state index in [1.54, 1.807) is 0 Å². The second-order valence-electron chi connectivity index (χ2n) is 4.67. The van der Waals surface area contributed by atoms with Gasteiger partial charge in [-0.2, -0.15) is 11.8 Å². The molecule has 2 atom stereocenters. The molecule has 0 aromatic rings. The Hall–Kier alpha value is 0.230. The van der Waals surface area contributed by atoms with Gasteiger partial charge < -0.3 is 14.8 Å². The molecule has 0 bridgehead atoms. The Morgan fingerprint density at radius 2 is 2.38 bits per heavy atom. The van der Waals surface area contributed by atoms with E-state index in [0.717, 1.165) is 39.0 Å². The molecule has 0 aliphatic carbocycles. The summed E-state index contributed by atoms with van der Waals surface area (Å²) in [6.45, 7) is 4.54. The maximum absolute atomic E-state index is 5.66. The van der Waals surface area contributed by atoms with Gasteiger partial charge in [-0.05, 0) is 25.0 Å². The van der Waals surface area contributed by atoms with Gasteiger partial charge in [0.2, 0.25) is 0 Å². The molecule has 0 aromatic heterocycles. The summed E-state index contributed by atoms with van der Waals surface area (Å²) in [7, 11) is 0. The molecule has 0 aromatic carbocycles. The van der Waals surface area contributed by atoms with Gasteiger partial charge in [0.1, 0.15) is 0 Å². The highest BCUT2D eigenvalue weighted by atomic mass is 32.2. The van der Waals surface area contributed by atoms with Crippen molar-refractivity contribution in [2.75, 3.05) is 44.5 Å². The van der Waals surface area contributed by atoms with Crippen molar-refractivity contribution in [3.8, 4) is 0 Å². The highest BCUT2D eigenvalue weighted by Crippen LogP contribution is 2.16. The van der Waals surface area contributed by atoms with Gasteiger partial charge >= 0.3 is 0 Å². The highest BCUT2D eigenvalue weighted by Gasteiger charge is 2.15. The average Bonchev–Trinajstić information content (AvgIpc) is 2.83. The van der Waals surface area contributed by atoms with Crippen LogP contribution in [-0.2, 0) is 9.47 Å².